The van der Waals surface area contributed by atoms with Crippen molar-refractivity contribution in [1.82, 2.24) is 10.4 Å². The molecular formula is C14H18N2O5S. The third kappa shape index (κ3) is 4.08. The molecule has 8 heteroatoms. The van der Waals surface area contributed by atoms with E-state index in [1.165, 1.54) is 11.6 Å². The molecule has 4 N–H and O–H groups in total. The zero-order valence-corrected chi connectivity index (χ0v) is 12.6. The van der Waals surface area contributed by atoms with E-state index in [0.29, 0.717) is 11.1 Å². The number of hydroxylamine groups is 1. The van der Waals surface area contributed by atoms with Gasteiger partial charge in [0, 0.05) is 24.7 Å². The monoisotopic (exact) mass is 326 g/mol. The van der Waals surface area contributed by atoms with Crippen molar-refractivity contribution < 1.29 is 23.9 Å². The van der Waals surface area contributed by atoms with Crippen LogP contribution in [0.5, 0.6) is 0 Å². The molecule has 0 spiro atoms. The van der Waals surface area contributed by atoms with Gasteiger partial charge in [-0.25, -0.2) is 5.48 Å². The minimum absolute atomic E-state index is 0.184. The van der Waals surface area contributed by atoms with Gasteiger partial charge >= 0.3 is 0 Å². The van der Waals surface area contributed by atoms with Gasteiger partial charge in [0.2, 0.25) is 0 Å². The smallest absolute Gasteiger partial charge is 0.267 e. The molecule has 0 atom stereocenters. The molecule has 0 saturated carbocycles. The van der Waals surface area contributed by atoms with Crippen LogP contribution < -0.4 is 5.48 Å². The quantitative estimate of drug-likeness (QED) is 0.381. The fourth-order valence-corrected chi connectivity index (χ4v) is 3.37. The largest absolute Gasteiger partial charge is 0.335 e. The van der Waals surface area contributed by atoms with Gasteiger partial charge in [0.25, 0.3) is 11.8 Å². The average molecular weight is 326 g/mol. The number of hydrogen-bond acceptors (Lipinski definition) is 5. The van der Waals surface area contributed by atoms with Crippen LogP contribution in [0.4, 0.5) is 0 Å². The van der Waals surface area contributed by atoms with Crippen molar-refractivity contribution >= 4 is 28.5 Å². The van der Waals surface area contributed by atoms with Crippen LogP contribution in [0, 0.1) is 0 Å². The van der Waals surface area contributed by atoms with Crippen molar-refractivity contribution in [3.05, 3.63) is 41.5 Å². The third-order valence-electron chi connectivity index (χ3n) is 3.38. The van der Waals surface area contributed by atoms with Crippen molar-refractivity contribution in [2.45, 2.75) is 0 Å². The van der Waals surface area contributed by atoms with Gasteiger partial charge in [0.1, 0.15) is 0 Å². The predicted molar refractivity (Wildman–Crippen MR) is 83.9 cm³/mol. The highest BCUT2D eigenvalue weighted by Gasteiger charge is 2.26. The van der Waals surface area contributed by atoms with Crippen molar-refractivity contribution in [3.63, 3.8) is 0 Å². The number of carbonyl (C=O) groups is 2. The molecule has 7 nitrogen and oxygen atoms in total. The topological polar surface area (TPSA) is 110 Å². The van der Waals surface area contributed by atoms with E-state index < -0.39 is 16.5 Å². The van der Waals surface area contributed by atoms with E-state index in [1.54, 1.807) is 29.2 Å². The van der Waals surface area contributed by atoms with E-state index >= 15 is 0 Å². The lowest BCUT2D eigenvalue weighted by Crippen LogP contribution is -2.42. The molecule has 1 fully saturated rings. The Balaban J connectivity index is 2.16. The maximum Gasteiger partial charge on any atom is 0.267 e. The molecule has 1 aliphatic rings. The SMILES string of the molecule is O=C(/C=C/c1ccccc1C(=O)N1CCS(O)(O)CC1)NO. The van der Waals surface area contributed by atoms with Crippen molar-refractivity contribution in [2.24, 2.45) is 0 Å². The van der Waals surface area contributed by atoms with Gasteiger partial charge in [-0.15, -0.1) is 0 Å². The molecule has 0 aromatic heterocycles. The number of hydrogen-bond donors (Lipinski definition) is 4. The Hall–Kier alpha value is -1.87. The van der Waals surface area contributed by atoms with Crippen LogP contribution in [-0.2, 0) is 4.79 Å². The molecule has 1 aliphatic heterocycles. The molecule has 22 heavy (non-hydrogen) atoms. The molecule has 2 rings (SSSR count). The molecule has 1 aromatic carbocycles. The second-order valence-corrected chi connectivity index (χ2v) is 7.32. The molecular weight excluding hydrogens is 308 g/mol. The summed E-state index contributed by atoms with van der Waals surface area (Å²) in [6.45, 7) is 0.576. The fourth-order valence-electron chi connectivity index (χ4n) is 2.14. The highest BCUT2D eigenvalue weighted by atomic mass is 32.3. The third-order valence-corrected chi connectivity index (χ3v) is 5.05. The summed E-state index contributed by atoms with van der Waals surface area (Å²) in [6, 6.07) is 6.78. The summed E-state index contributed by atoms with van der Waals surface area (Å²) in [7, 11) is -2.55. The second-order valence-electron chi connectivity index (χ2n) is 4.90. The maximum absolute atomic E-state index is 12.5. The molecule has 2 amide bonds. The first-order valence-electron chi connectivity index (χ1n) is 6.67. The second kappa shape index (κ2) is 6.93. The number of amides is 2. The van der Waals surface area contributed by atoms with Crippen LogP contribution in [0.15, 0.2) is 30.3 Å². The molecule has 0 aliphatic carbocycles. The number of benzene rings is 1. The Morgan fingerprint density at radius 3 is 2.45 bits per heavy atom. The molecule has 0 radical (unpaired) electrons. The molecule has 1 saturated heterocycles. The summed E-state index contributed by atoms with van der Waals surface area (Å²) in [6.07, 6.45) is 2.56. The van der Waals surface area contributed by atoms with Gasteiger partial charge < -0.3 is 4.90 Å². The lowest BCUT2D eigenvalue weighted by Gasteiger charge is -2.41. The summed E-state index contributed by atoms with van der Waals surface area (Å²) in [4.78, 5) is 25.1. The van der Waals surface area contributed by atoms with Crippen LogP contribution in [0.1, 0.15) is 15.9 Å². The average Bonchev–Trinajstić information content (AvgIpc) is 2.52. The Labute approximate surface area is 129 Å². The summed E-state index contributed by atoms with van der Waals surface area (Å²) in [5, 5.41) is 8.47. The molecule has 0 unspecified atom stereocenters. The first-order valence-corrected chi connectivity index (χ1v) is 8.55. The van der Waals surface area contributed by atoms with Crippen LogP contribution >= 0.6 is 10.6 Å². The molecule has 0 bridgehead atoms. The normalized spacial score (nSPS) is 19.0. The van der Waals surface area contributed by atoms with Gasteiger partial charge in [-0.3, -0.25) is 23.9 Å². The first-order chi connectivity index (χ1) is 10.4. The number of nitrogens with one attached hydrogen (secondary N) is 1. The molecule has 1 aromatic rings. The lowest BCUT2D eigenvalue weighted by molar-refractivity contribution is -0.124. The zero-order chi connectivity index (χ0) is 16.2. The number of carbonyl (C=O) groups excluding carboxylic acids is 2. The van der Waals surface area contributed by atoms with Crippen LogP contribution in [0.25, 0.3) is 6.08 Å². The van der Waals surface area contributed by atoms with E-state index in [2.05, 4.69) is 0 Å². The van der Waals surface area contributed by atoms with Gasteiger partial charge in [0.05, 0.1) is 11.5 Å². The van der Waals surface area contributed by atoms with Crippen molar-refractivity contribution in [3.8, 4) is 0 Å². The maximum atomic E-state index is 12.5. The van der Waals surface area contributed by atoms with Gasteiger partial charge in [-0.05, 0) is 17.7 Å². The minimum atomic E-state index is -2.55. The van der Waals surface area contributed by atoms with Gasteiger partial charge in [-0.2, -0.15) is 10.6 Å². The molecule has 120 valence electrons. The fraction of sp³-hybridized carbons (Fsp3) is 0.286. The van der Waals surface area contributed by atoms with Crippen LogP contribution in [-0.4, -0.2) is 55.6 Å². The van der Waals surface area contributed by atoms with Gasteiger partial charge in [0.15, 0.2) is 0 Å². The van der Waals surface area contributed by atoms with Crippen LogP contribution in [0.2, 0.25) is 0 Å². The highest BCUT2D eigenvalue weighted by molar-refractivity contribution is 8.24. The summed E-state index contributed by atoms with van der Waals surface area (Å²) in [5.74, 6) is -0.540. The van der Waals surface area contributed by atoms with E-state index in [1.807, 2.05) is 0 Å². The summed E-state index contributed by atoms with van der Waals surface area (Å²) >= 11 is 0. The first kappa shape index (κ1) is 16.5. The Morgan fingerprint density at radius 1 is 1.18 bits per heavy atom. The van der Waals surface area contributed by atoms with Crippen LogP contribution in [0.3, 0.4) is 0 Å². The summed E-state index contributed by atoms with van der Waals surface area (Å²) < 4.78 is 19.2. The van der Waals surface area contributed by atoms with E-state index in [-0.39, 0.29) is 30.5 Å². The standard InChI is InChI=1S/C14H18N2O5S/c17-13(15-19)6-5-11-3-1-2-4-12(11)14(18)16-7-9-22(20,21)10-8-16/h1-6,19-21H,7-10H2,(H,15,17)/b6-5+. The Kier molecular flexibility index (Phi) is 5.19. The van der Waals surface area contributed by atoms with Gasteiger partial charge in [-0.1, -0.05) is 18.2 Å². The van der Waals surface area contributed by atoms with E-state index in [4.69, 9.17) is 5.21 Å². The predicted octanol–water partition coefficient (Wildman–Crippen LogP) is 1.41. The Morgan fingerprint density at radius 2 is 1.82 bits per heavy atom. The van der Waals surface area contributed by atoms with Crippen molar-refractivity contribution in [2.75, 3.05) is 24.6 Å². The van der Waals surface area contributed by atoms with Crippen molar-refractivity contribution in [1.29, 1.82) is 0 Å². The lowest BCUT2D eigenvalue weighted by atomic mass is 10.1. The summed E-state index contributed by atoms with van der Waals surface area (Å²) in [5.41, 5.74) is 2.45. The highest BCUT2D eigenvalue weighted by Crippen LogP contribution is 2.40. The van der Waals surface area contributed by atoms with E-state index in [0.717, 1.165) is 6.08 Å². The molecule has 1 heterocycles. The van der Waals surface area contributed by atoms with E-state index in [9.17, 15) is 18.7 Å². The zero-order valence-electron chi connectivity index (χ0n) is 11.8. The number of nitrogens with zero attached hydrogens (tertiary/aromatic N) is 1. The Bertz CT molecular complexity index is 593. The number of rotatable bonds is 3. The minimum Gasteiger partial charge on any atom is -0.335 e.